The molecule has 3 amide bonds. The number of amides is 3. The number of halogens is 1. The molecule has 0 radical (unpaired) electrons. The van der Waals surface area contributed by atoms with E-state index in [4.69, 9.17) is 11.6 Å². The van der Waals surface area contributed by atoms with Gasteiger partial charge in [-0.3, -0.25) is 33.9 Å². The molecule has 5 aromatic rings. The predicted molar refractivity (Wildman–Crippen MR) is 173 cm³/mol. The fraction of sp³-hybridized carbons (Fsp3) is 0.125. The number of hydrogen-bond acceptors (Lipinski definition) is 8. The highest BCUT2D eigenvalue weighted by Gasteiger charge is 2.56. The summed E-state index contributed by atoms with van der Waals surface area (Å²) in [6.07, 6.45) is 0. The number of imide groups is 1. The Labute approximate surface area is 268 Å². The van der Waals surface area contributed by atoms with Crippen molar-refractivity contribution in [2.24, 2.45) is 5.92 Å². The molecule has 1 fully saturated rings. The molecule has 224 valence electrons. The maximum atomic E-state index is 14.0. The minimum absolute atomic E-state index is 0.170. The van der Waals surface area contributed by atoms with Crippen LogP contribution in [0.25, 0.3) is 10.8 Å². The van der Waals surface area contributed by atoms with Crippen molar-refractivity contribution in [3.63, 3.8) is 0 Å². The van der Waals surface area contributed by atoms with Crippen LogP contribution in [0.5, 0.6) is 0 Å². The number of nitro groups is 1. The molecule has 2 aliphatic rings. The third kappa shape index (κ3) is 5.00. The zero-order chi connectivity index (χ0) is 31.4. The van der Waals surface area contributed by atoms with Crippen molar-refractivity contribution < 1.29 is 19.3 Å². The van der Waals surface area contributed by atoms with Gasteiger partial charge in [0.1, 0.15) is 11.8 Å². The van der Waals surface area contributed by atoms with Crippen LogP contribution < -0.4 is 15.1 Å². The number of thiazole rings is 1. The number of nitro benzene ring substituents is 1. The molecule has 45 heavy (non-hydrogen) atoms. The zero-order valence-electron chi connectivity index (χ0n) is 23.1. The molecule has 0 aliphatic carbocycles. The van der Waals surface area contributed by atoms with Gasteiger partial charge < -0.3 is 5.32 Å². The van der Waals surface area contributed by atoms with E-state index in [1.807, 2.05) is 36.4 Å². The molecule has 1 aromatic heterocycles. The summed E-state index contributed by atoms with van der Waals surface area (Å²) in [5.74, 6) is -2.91. The number of non-ortho nitro benzene ring substituents is 1. The molecule has 7 rings (SSSR count). The van der Waals surface area contributed by atoms with Crippen LogP contribution in [0.2, 0.25) is 5.02 Å². The molecule has 10 nitrogen and oxygen atoms in total. The van der Waals surface area contributed by atoms with Gasteiger partial charge in [-0.2, -0.15) is 0 Å². The minimum atomic E-state index is -0.901. The lowest BCUT2D eigenvalue weighted by Crippen LogP contribution is -2.33. The summed E-state index contributed by atoms with van der Waals surface area (Å²) in [6.45, 7) is -0.292. The second-order valence-electron chi connectivity index (χ2n) is 10.6. The highest BCUT2D eigenvalue weighted by atomic mass is 35.5. The van der Waals surface area contributed by atoms with Crippen LogP contribution in [0.3, 0.4) is 0 Å². The van der Waals surface area contributed by atoms with Gasteiger partial charge in [0.05, 0.1) is 21.6 Å². The first kappa shape index (κ1) is 29.0. The highest BCUT2D eigenvalue weighted by Crippen LogP contribution is 2.54. The summed E-state index contributed by atoms with van der Waals surface area (Å²) in [5, 5.41) is 15.9. The molecule has 1 saturated heterocycles. The first-order valence-electron chi connectivity index (χ1n) is 13.8. The van der Waals surface area contributed by atoms with E-state index in [2.05, 4.69) is 5.32 Å². The Bertz CT molecular complexity index is 2090. The number of rotatable bonds is 6. The van der Waals surface area contributed by atoms with E-state index >= 15 is 0 Å². The van der Waals surface area contributed by atoms with Crippen LogP contribution >= 0.6 is 34.7 Å². The molecule has 0 spiro atoms. The van der Waals surface area contributed by atoms with Crippen LogP contribution in [0, 0.1) is 16.0 Å². The van der Waals surface area contributed by atoms with Crippen LogP contribution in [-0.4, -0.2) is 32.5 Å². The number of fused-ring (bicyclic) bond motifs is 3. The zero-order valence-corrected chi connectivity index (χ0v) is 25.5. The number of nitrogens with one attached hydrogen (secondary N) is 1. The van der Waals surface area contributed by atoms with Crippen LogP contribution in [-0.2, 0) is 20.9 Å². The van der Waals surface area contributed by atoms with Gasteiger partial charge in [-0.1, -0.05) is 83.2 Å². The summed E-state index contributed by atoms with van der Waals surface area (Å²) < 4.78 is 1.36. The van der Waals surface area contributed by atoms with Crippen molar-refractivity contribution in [1.82, 2.24) is 4.57 Å². The third-order valence-electron chi connectivity index (χ3n) is 7.96. The fourth-order valence-corrected chi connectivity index (χ4v) is 8.83. The summed E-state index contributed by atoms with van der Waals surface area (Å²) in [7, 11) is 0. The van der Waals surface area contributed by atoms with Crippen LogP contribution in [0.15, 0.2) is 101 Å². The molecule has 3 unspecified atom stereocenters. The lowest BCUT2D eigenvalue weighted by atomic mass is 9.83. The molecule has 3 heterocycles. The molecule has 3 atom stereocenters. The number of benzene rings is 4. The van der Waals surface area contributed by atoms with E-state index in [1.54, 1.807) is 30.3 Å². The second kappa shape index (κ2) is 11.3. The van der Waals surface area contributed by atoms with Crippen LogP contribution in [0.4, 0.5) is 17.1 Å². The lowest BCUT2D eigenvalue weighted by Gasteiger charge is -2.30. The maximum absolute atomic E-state index is 14.0. The molecule has 2 aliphatic heterocycles. The monoisotopic (exact) mass is 656 g/mol. The average Bonchev–Trinajstić information content (AvgIpc) is 3.48. The number of thioether (sulfide) groups is 1. The standard InChI is InChI=1S/C32H21ClN4O6S2/c33-19-10-8-18(9-11-19)25-26-27(30(40)36(29(26)39)20-12-14-21(15-13-20)37(42)43)44-31-28(25)45-32(41)35(31)16-24(38)34-23-7-3-5-17-4-1-2-6-22(17)23/h1-15,25-27H,16H2,(H,34,38). The largest absolute Gasteiger partial charge is 0.324 e. The van der Waals surface area contributed by atoms with Crippen molar-refractivity contribution >= 4 is 80.3 Å². The van der Waals surface area contributed by atoms with E-state index in [9.17, 15) is 29.3 Å². The Morgan fingerprint density at radius 1 is 0.911 bits per heavy atom. The van der Waals surface area contributed by atoms with Crippen molar-refractivity contribution in [2.45, 2.75) is 22.7 Å². The van der Waals surface area contributed by atoms with E-state index in [1.165, 1.54) is 28.8 Å². The molecule has 1 N–H and O–H groups in total. The second-order valence-corrected chi connectivity index (χ2v) is 13.1. The Hall–Kier alpha value is -4.78. The normalized spacial score (nSPS) is 19.0. The van der Waals surface area contributed by atoms with Gasteiger partial charge in [0.25, 0.3) is 5.69 Å². The molecule has 13 heteroatoms. The summed E-state index contributed by atoms with van der Waals surface area (Å²) >= 11 is 8.20. The fourth-order valence-electron chi connectivity index (χ4n) is 5.93. The molecule has 0 saturated carbocycles. The number of nitrogens with zero attached hydrogens (tertiary/aromatic N) is 3. The predicted octanol–water partition coefficient (Wildman–Crippen LogP) is 6.06. The number of carbonyl (C=O) groups excluding carboxylic acids is 3. The van der Waals surface area contributed by atoms with Crippen molar-refractivity contribution in [3.8, 4) is 0 Å². The van der Waals surface area contributed by atoms with Crippen LogP contribution in [0.1, 0.15) is 16.4 Å². The molecule has 0 bridgehead atoms. The molecular formula is C32H21ClN4O6S2. The quantitative estimate of drug-likeness (QED) is 0.134. The first-order valence-corrected chi connectivity index (χ1v) is 15.8. The number of hydrogen-bond donors (Lipinski definition) is 1. The number of aromatic nitrogens is 1. The van der Waals surface area contributed by atoms with Gasteiger partial charge in [-0.15, -0.1) is 0 Å². The van der Waals surface area contributed by atoms with Gasteiger partial charge in [0.15, 0.2) is 0 Å². The topological polar surface area (TPSA) is 132 Å². The smallest absolute Gasteiger partial charge is 0.308 e. The minimum Gasteiger partial charge on any atom is -0.324 e. The summed E-state index contributed by atoms with van der Waals surface area (Å²) in [5.41, 5.74) is 1.35. The van der Waals surface area contributed by atoms with Crippen molar-refractivity contribution in [3.05, 3.63) is 126 Å². The average molecular weight is 657 g/mol. The van der Waals surface area contributed by atoms with E-state index in [0.29, 0.717) is 26.2 Å². The molecule has 4 aromatic carbocycles. The van der Waals surface area contributed by atoms with Gasteiger partial charge in [0, 0.05) is 39.0 Å². The lowest BCUT2D eigenvalue weighted by molar-refractivity contribution is -0.384. The first-order chi connectivity index (χ1) is 21.7. The Kier molecular flexibility index (Phi) is 7.27. The van der Waals surface area contributed by atoms with E-state index in [-0.39, 0.29) is 22.8 Å². The van der Waals surface area contributed by atoms with Gasteiger partial charge in [0.2, 0.25) is 17.7 Å². The summed E-state index contributed by atoms with van der Waals surface area (Å²) in [4.78, 5) is 66.5. The van der Waals surface area contributed by atoms with Crippen molar-refractivity contribution in [1.29, 1.82) is 0 Å². The SMILES string of the molecule is O=C(Cn1c2c(sc1=O)C(c1ccc(Cl)cc1)C1C(=O)N(c3ccc([N+](=O)[O-])cc3)C(=O)C1S2)Nc1cccc2ccccc12. The Morgan fingerprint density at radius 2 is 1.62 bits per heavy atom. The third-order valence-corrected chi connectivity index (χ3v) is 10.8. The number of anilines is 2. The Morgan fingerprint density at radius 3 is 2.36 bits per heavy atom. The van der Waals surface area contributed by atoms with Gasteiger partial charge in [-0.05, 0) is 41.3 Å². The number of carbonyl (C=O) groups is 3. The Balaban J connectivity index is 1.27. The van der Waals surface area contributed by atoms with Gasteiger partial charge >= 0.3 is 4.87 Å². The van der Waals surface area contributed by atoms with E-state index < -0.39 is 39.7 Å². The summed E-state index contributed by atoms with van der Waals surface area (Å²) in [6, 6.07) is 25.3. The van der Waals surface area contributed by atoms with E-state index in [0.717, 1.165) is 38.8 Å². The molecular weight excluding hydrogens is 636 g/mol. The highest BCUT2D eigenvalue weighted by molar-refractivity contribution is 8.00. The van der Waals surface area contributed by atoms with Crippen molar-refractivity contribution in [2.75, 3.05) is 10.2 Å². The maximum Gasteiger partial charge on any atom is 0.308 e. The van der Waals surface area contributed by atoms with Gasteiger partial charge in [-0.25, -0.2) is 4.90 Å².